The molecule has 6 heteroatoms. The Morgan fingerprint density at radius 2 is 1.76 bits per heavy atom. The number of hydrogen-bond acceptors (Lipinski definition) is 5. The molecule has 138 valence electrons. The first kappa shape index (κ1) is 18.5. The van der Waals surface area contributed by atoms with E-state index in [4.69, 9.17) is 0 Å². The van der Waals surface area contributed by atoms with E-state index in [1.165, 1.54) is 70.9 Å². The maximum atomic E-state index is 9.57. The molecule has 1 aromatic rings. The van der Waals surface area contributed by atoms with E-state index in [0.717, 1.165) is 17.5 Å². The molecule has 0 amide bonds. The molecule has 0 spiro atoms. The molecule has 1 aliphatic carbocycles. The molecule has 2 fully saturated rings. The lowest BCUT2D eigenvalue weighted by atomic mass is 9.89. The number of anilines is 2. The van der Waals surface area contributed by atoms with Crippen molar-refractivity contribution in [3.63, 3.8) is 0 Å². The van der Waals surface area contributed by atoms with Gasteiger partial charge in [-0.3, -0.25) is 0 Å². The monoisotopic (exact) mass is 344 g/mol. The summed E-state index contributed by atoms with van der Waals surface area (Å²) < 4.78 is 0. The van der Waals surface area contributed by atoms with E-state index in [2.05, 4.69) is 20.4 Å². The smallest absolute Gasteiger partial charge is 0.408 e. The van der Waals surface area contributed by atoms with Crippen LogP contribution < -0.4 is 10.5 Å². The second kappa shape index (κ2) is 9.44. The van der Waals surface area contributed by atoms with E-state index in [0.29, 0.717) is 6.04 Å². The highest BCUT2D eigenvalue weighted by Crippen LogP contribution is 2.26. The van der Waals surface area contributed by atoms with E-state index in [9.17, 15) is 5.02 Å². The van der Waals surface area contributed by atoms with Crippen molar-refractivity contribution in [1.82, 2.24) is 9.88 Å². The zero-order valence-electron chi connectivity index (χ0n) is 15.6. The number of likely N-dealkylation sites (tertiary alicyclic amines) is 1. The minimum atomic E-state index is -0.600. The minimum Gasteiger partial charge on any atom is -0.433 e. The van der Waals surface area contributed by atoms with Gasteiger partial charge in [0.05, 0.1) is 5.69 Å². The highest BCUT2D eigenvalue weighted by atomic mass is 16.2. The van der Waals surface area contributed by atoms with E-state index >= 15 is 0 Å². The third kappa shape index (κ3) is 5.61. The van der Waals surface area contributed by atoms with Crippen LogP contribution in [0, 0.1) is 0 Å². The SMILES string of the molecule is CB(O)Nc1ncccc1NC1CCN(C2CCCCCCC2)CC1. The Hall–Kier alpha value is -1.27. The van der Waals surface area contributed by atoms with Gasteiger partial charge in [-0.2, -0.15) is 0 Å². The molecule has 0 bridgehead atoms. The van der Waals surface area contributed by atoms with Gasteiger partial charge in [0.25, 0.3) is 0 Å². The van der Waals surface area contributed by atoms with Gasteiger partial charge in [0.15, 0.2) is 0 Å². The van der Waals surface area contributed by atoms with Crippen molar-refractivity contribution < 1.29 is 5.02 Å². The lowest BCUT2D eigenvalue weighted by molar-refractivity contribution is 0.133. The number of piperidine rings is 1. The Balaban J connectivity index is 1.51. The molecule has 5 nitrogen and oxygen atoms in total. The van der Waals surface area contributed by atoms with Gasteiger partial charge in [-0.15, -0.1) is 0 Å². The number of hydrogen-bond donors (Lipinski definition) is 3. The summed E-state index contributed by atoms with van der Waals surface area (Å²) in [7, 11) is -0.600. The van der Waals surface area contributed by atoms with Crippen molar-refractivity contribution in [3.8, 4) is 0 Å². The number of rotatable bonds is 5. The molecule has 2 heterocycles. The summed E-state index contributed by atoms with van der Waals surface area (Å²) in [4.78, 5) is 7.09. The van der Waals surface area contributed by atoms with Crippen LogP contribution >= 0.6 is 0 Å². The Morgan fingerprint density at radius 1 is 1.08 bits per heavy atom. The Labute approximate surface area is 152 Å². The Morgan fingerprint density at radius 3 is 2.44 bits per heavy atom. The first-order valence-electron chi connectivity index (χ1n) is 10.1. The molecular weight excluding hydrogens is 311 g/mol. The first-order chi connectivity index (χ1) is 12.2. The Bertz CT molecular complexity index is 512. The summed E-state index contributed by atoms with van der Waals surface area (Å²) in [5, 5.41) is 16.2. The molecule has 3 rings (SSSR count). The number of aromatic nitrogens is 1. The van der Waals surface area contributed by atoms with E-state index in [1.54, 1.807) is 13.0 Å². The van der Waals surface area contributed by atoms with Crippen LogP contribution in [0.5, 0.6) is 0 Å². The number of pyridine rings is 1. The maximum absolute atomic E-state index is 9.57. The predicted molar refractivity (Wildman–Crippen MR) is 106 cm³/mol. The average Bonchev–Trinajstić information content (AvgIpc) is 2.57. The summed E-state index contributed by atoms with van der Waals surface area (Å²) >= 11 is 0. The van der Waals surface area contributed by atoms with Crippen LogP contribution in [0.4, 0.5) is 11.5 Å². The minimum absolute atomic E-state index is 0.489. The normalized spacial score (nSPS) is 21.4. The van der Waals surface area contributed by atoms with Crippen molar-refractivity contribution in [2.24, 2.45) is 0 Å². The molecule has 0 radical (unpaired) electrons. The van der Waals surface area contributed by atoms with E-state index in [-0.39, 0.29) is 0 Å². The van der Waals surface area contributed by atoms with Crippen LogP contribution in [0.2, 0.25) is 6.82 Å². The van der Waals surface area contributed by atoms with Gasteiger partial charge in [0, 0.05) is 31.4 Å². The van der Waals surface area contributed by atoms with E-state index in [1.807, 2.05) is 12.1 Å². The van der Waals surface area contributed by atoms with Gasteiger partial charge in [-0.25, -0.2) is 4.98 Å². The van der Waals surface area contributed by atoms with Gasteiger partial charge in [-0.05, 0) is 44.6 Å². The third-order valence-corrected chi connectivity index (χ3v) is 5.63. The Kier molecular flexibility index (Phi) is 6.99. The highest BCUT2D eigenvalue weighted by molar-refractivity contribution is 6.52. The summed E-state index contributed by atoms with van der Waals surface area (Å²) in [6.07, 6.45) is 14.0. The second-order valence-corrected chi connectivity index (χ2v) is 7.67. The fourth-order valence-electron chi connectivity index (χ4n) is 4.26. The van der Waals surface area contributed by atoms with Crippen LogP contribution in [-0.2, 0) is 0 Å². The second-order valence-electron chi connectivity index (χ2n) is 7.67. The summed E-state index contributed by atoms with van der Waals surface area (Å²) in [6, 6.07) is 5.29. The van der Waals surface area contributed by atoms with Crippen LogP contribution in [0.3, 0.4) is 0 Å². The molecule has 25 heavy (non-hydrogen) atoms. The lowest BCUT2D eigenvalue weighted by Gasteiger charge is -2.39. The van der Waals surface area contributed by atoms with Crippen LogP contribution in [0.25, 0.3) is 0 Å². The average molecular weight is 344 g/mol. The quantitative estimate of drug-likeness (QED) is 0.713. The van der Waals surface area contributed by atoms with Gasteiger partial charge in [-0.1, -0.05) is 32.1 Å². The van der Waals surface area contributed by atoms with E-state index < -0.39 is 7.05 Å². The van der Waals surface area contributed by atoms with Crippen molar-refractivity contribution in [2.75, 3.05) is 23.6 Å². The summed E-state index contributed by atoms with van der Waals surface area (Å²) in [6.45, 7) is 4.11. The van der Waals surface area contributed by atoms with Crippen molar-refractivity contribution in [1.29, 1.82) is 0 Å². The zero-order valence-corrected chi connectivity index (χ0v) is 15.6. The van der Waals surface area contributed by atoms with Crippen LogP contribution in [0.1, 0.15) is 57.8 Å². The van der Waals surface area contributed by atoms with Crippen molar-refractivity contribution in [2.45, 2.75) is 76.7 Å². The predicted octanol–water partition coefficient (Wildman–Crippen LogP) is 3.59. The van der Waals surface area contributed by atoms with Crippen LogP contribution in [-0.4, -0.2) is 47.1 Å². The van der Waals surface area contributed by atoms with Gasteiger partial charge >= 0.3 is 7.05 Å². The molecule has 1 aromatic heterocycles. The molecule has 2 aliphatic rings. The maximum Gasteiger partial charge on any atom is 0.408 e. The summed E-state index contributed by atoms with van der Waals surface area (Å²) in [5.74, 6) is 0.736. The molecular formula is C19H33BN4O. The van der Waals surface area contributed by atoms with Gasteiger partial charge in [0.2, 0.25) is 0 Å². The first-order valence-corrected chi connectivity index (χ1v) is 10.1. The third-order valence-electron chi connectivity index (χ3n) is 5.63. The molecule has 1 aliphatic heterocycles. The molecule has 1 saturated heterocycles. The van der Waals surface area contributed by atoms with Crippen LogP contribution in [0.15, 0.2) is 18.3 Å². The lowest BCUT2D eigenvalue weighted by Crippen LogP contribution is -2.44. The number of nitrogens with one attached hydrogen (secondary N) is 2. The fraction of sp³-hybridized carbons (Fsp3) is 0.737. The van der Waals surface area contributed by atoms with Crippen molar-refractivity contribution in [3.05, 3.63) is 18.3 Å². The van der Waals surface area contributed by atoms with Crippen molar-refractivity contribution >= 4 is 18.6 Å². The highest BCUT2D eigenvalue weighted by Gasteiger charge is 2.25. The van der Waals surface area contributed by atoms with Gasteiger partial charge in [0.1, 0.15) is 5.82 Å². The molecule has 0 unspecified atom stereocenters. The molecule has 3 N–H and O–H groups in total. The zero-order chi connectivity index (χ0) is 17.5. The van der Waals surface area contributed by atoms with Gasteiger partial charge < -0.3 is 20.5 Å². The molecule has 0 atom stereocenters. The largest absolute Gasteiger partial charge is 0.433 e. The summed E-state index contributed by atoms with van der Waals surface area (Å²) in [5.41, 5.74) is 0.993. The topological polar surface area (TPSA) is 60.4 Å². The number of nitrogens with zero attached hydrogens (tertiary/aromatic N) is 2. The molecule has 1 saturated carbocycles. The molecule has 0 aromatic carbocycles. The fourth-order valence-corrected chi connectivity index (χ4v) is 4.26. The standard InChI is InChI=1S/C19H33BN4O/c1-20(25)23-19-18(10-7-13-21-19)22-16-11-14-24(15-12-16)17-8-5-3-2-4-6-9-17/h7,10,13,16-17,22,25H,2-6,8-9,11-12,14-15H2,1H3,(H,21,23).